The van der Waals surface area contributed by atoms with Crippen molar-refractivity contribution in [2.45, 2.75) is 26.3 Å². The number of hydrogen-bond acceptors (Lipinski definition) is 4. The number of rotatable bonds is 8. The molecule has 4 heteroatoms. The Balaban J connectivity index is 1.87. The fourth-order valence-corrected chi connectivity index (χ4v) is 2.51. The Morgan fingerprint density at radius 2 is 2.10 bits per heavy atom. The minimum Gasteiger partial charge on any atom is -0.493 e. The molecule has 21 heavy (non-hydrogen) atoms. The first-order valence-electron chi connectivity index (χ1n) is 7.79. The molecule has 1 fully saturated rings. The van der Waals surface area contributed by atoms with E-state index < -0.39 is 0 Å². The van der Waals surface area contributed by atoms with E-state index in [2.05, 4.69) is 30.4 Å². The molecule has 1 aliphatic heterocycles. The number of nitrogens with one attached hydrogen (secondary N) is 1. The molecule has 1 aromatic carbocycles. The van der Waals surface area contributed by atoms with E-state index in [-0.39, 0.29) is 0 Å². The van der Waals surface area contributed by atoms with Gasteiger partial charge in [-0.15, -0.1) is 0 Å². The second-order valence-electron chi connectivity index (χ2n) is 5.65. The summed E-state index contributed by atoms with van der Waals surface area (Å²) in [5.41, 5.74) is 2.48. The predicted octanol–water partition coefficient (Wildman–Crippen LogP) is 2.54. The van der Waals surface area contributed by atoms with E-state index in [0.717, 1.165) is 58.1 Å². The van der Waals surface area contributed by atoms with E-state index in [1.54, 1.807) is 7.11 Å². The van der Waals surface area contributed by atoms with Crippen LogP contribution in [0.25, 0.3) is 0 Å². The van der Waals surface area contributed by atoms with Gasteiger partial charge in [-0.1, -0.05) is 17.7 Å². The molecule has 0 radical (unpaired) electrons. The zero-order valence-electron chi connectivity index (χ0n) is 13.2. The van der Waals surface area contributed by atoms with Crippen LogP contribution < -0.4 is 10.1 Å². The number of hydrogen-bond donors (Lipinski definition) is 1. The van der Waals surface area contributed by atoms with Gasteiger partial charge in [-0.05, 0) is 31.7 Å². The van der Waals surface area contributed by atoms with Crippen molar-refractivity contribution in [3.63, 3.8) is 0 Å². The number of benzene rings is 1. The lowest BCUT2D eigenvalue weighted by Crippen LogP contribution is -2.22. The van der Waals surface area contributed by atoms with Gasteiger partial charge in [-0.3, -0.25) is 0 Å². The molecule has 0 bridgehead atoms. The van der Waals surface area contributed by atoms with Gasteiger partial charge in [0.1, 0.15) is 5.75 Å². The number of ether oxygens (including phenoxy) is 3. The van der Waals surface area contributed by atoms with Crippen LogP contribution in [0, 0.1) is 12.8 Å². The van der Waals surface area contributed by atoms with Crippen molar-refractivity contribution in [1.82, 2.24) is 5.32 Å². The molecule has 0 saturated carbocycles. The molecule has 1 saturated heterocycles. The van der Waals surface area contributed by atoms with Crippen molar-refractivity contribution in [2.24, 2.45) is 5.92 Å². The molecule has 0 unspecified atom stereocenters. The standard InChI is InChI=1S/C17H27NO3/c1-14-3-4-17(16(11-14)12-18-7-10-19-2)21-13-15-5-8-20-9-6-15/h3-4,11,15,18H,5-10,12-13H2,1-2H3. The molecule has 0 aliphatic carbocycles. The molecule has 118 valence electrons. The van der Waals surface area contributed by atoms with Crippen LogP contribution in [-0.2, 0) is 16.0 Å². The lowest BCUT2D eigenvalue weighted by molar-refractivity contribution is 0.0496. The first-order chi connectivity index (χ1) is 10.3. The second kappa shape index (κ2) is 9.03. The average Bonchev–Trinajstić information content (AvgIpc) is 2.52. The van der Waals surface area contributed by atoms with E-state index in [4.69, 9.17) is 14.2 Å². The summed E-state index contributed by atoms with van der Waals surface area (Å²) in [6, 6.07) is 6.39. The summed E-state index contributed by atoms with van der Waals surface area (Å²) in [4.78, 5) is 0. The minimum atomic E-state index is 0.620. The first kappa shape index (κ1) is 16.3. The van der Waals surface area contributed by atoms with E-state index in [1.807, 2.05) is 0 Å². The summed E-state index contributed by atoms with van der Waals surface area (Å²) in [7, 11) is 1.72. The van der Waals surface area contributed by atoms with Gasteiger partial charge >= 0.3 is 0 Å². The third-order valence-corrected chi connectivity index (χ3v) is 3.83. The quantitative estimate of drug-likeness (QED) is 0.748. The molecule has 1 aromatic rings. The molecule has 2 rings (SSSR count). The van der Waals surface area contributed by atoms with Crippen molar-refractivity contribution < 1.29 is 14.2 Å². The minimum absolute atomic E-state index is 0.620. The van der Waals surface area contributed by atoms with Crippen molar-refractivity contribution in [3.05, 3.63) is 29.3 Å². The highest BCUT2D eigenvalue weighted by Crippen LogP contribution is 2.22. The van der Waals surface area contributed by atoms with Crippen LogP contribution in [0.5, 0.6) is 5.75 Å². The summed E-state index contributed by atoms with van der Waals surface area (Å²) in [6.45, 7) is 7.03. The largest absolute Gasteiger partial charge is 0.493 e. The Bertz CT molecular complexity index is 416. The van der Waals surface area contributed by atoms with Crippen LogP contribution in [0.2, 0.25) is 0 Å². The molecule has 4 nitrogen and oxygen atoms in total. The van der Waals surface area contributed by atoms with Gasteiger partial charge in [0.05, 0.1) is 13.2 Å². The predicted molar refractivity (Wildman–Crippen MR) is 83.8 cm³/mol. The first-order valence-corrected chi connectivity index (χ1v) is 7.79. The van der Waals surface area contributed by atoms with E-state index >= 15 is 0 Å². The fourth-order valence-electron chi connectivity index (χ4n) is 2.51. The fraction of sp³-hybridized carbons (Fsp3) is 0.647. The molecule has 1 N–H and O–H groups in total. The highest BCUT2D eigenvalue weighted by molar-refractivity contribution is 5.36. The molecule has 0 aromatic heterocycles. The van der Waals surface area contributed by atoms with Crippen LogP contribution >= 0.6 is 0 Å². The molecular weight excluding hydrogens is 266 g/mol. The maximum Gasteiger partial charge on any atom is 0.123 e. The Morgan fingerprint density at radius 1 is 1.29 bits per heavy atom. The van der Waals surface area contributed by atoms with Crippen LogP contribution in [0.15, 0.2) is 18.2 Å². The Morgan fingerprint density at radius 3 is 2.86 bits per heavy atom. The molecule has 1 heterocycles. The summed E-state index contributed by atoms with van der Waals surface area (Å²) < 4.78 is 16.5. The van der Waals surface area contributed by atoms with Gasteiger partial charge in [-0.2, -0.15) is 0 Å². The third-order valence-electron chi connectivity index (χ3n) is 3.83. The maximum absolute atomic E-state index is 6.06. The molecule has 1 aliphatic rings. The van der Waals surface area contributed by atoms with Gasteiger partial charge in [0.2, 0.25) is 0 Å². The normalized spacial score (nSPS) is 16.1. The summed E-state index contributed by atoms with van der Waals surface area (Å²) in [5.74, 6) is 1.62. The molecule has 0 amide bonds. The summed E-state index contributed by atoms with van der Waals surface area (Å²) in [6.07, 6.45) is 2.21. The van der Waals surface area contributed by atoms with Crippen molar-refractivity contribution in [3.8, 4) is 5.75 Å². The Hall–Kier alpha value is -1.10. The highest BCUT2D eigenvalue weighted by Gasteiger charge is 2.15. The lowest BCUT2D eigenvalue weighted by Gasteiger charge is -2.23. The van der Waals surface area contributed by atoms with Crippen molar-refractivity contribution >= 4 is 0 Å². The average molecular weight is 293 g/mol. The van der Waals surface area contributed by atoms with Crippen LogP contribution in [0.1, 0.15) is 24.0 Å². The van der Waals surface area contributed by atoms with E-state index in [0.29, 0.717) is 5.92 Å². The van der Waals surface area contributed by atoms with E-state index in [9.17, 15) is 0 Å². The summed E-state index contributed by atoms with van der Waals surface area (Å²) >= 11 is 0. The van der Waals surface area contributed by atoms with Gasteiger partial charge in [-0.25, -0.2) is 0 Å². The third kappa shape index (κ3) is 5.65. The smallest absolute Gasteiger partial charge is 0.123 e. The van der Waals surface area contributed by atoms with Gasteiger partial charge < -0.3 is 19.5 Å². The maximum atomic E-state index is 6.06. The zero-order chi connectivity index (χ0) is 14.9. The van der Waals surface area contributed by atoms with Crippen molar-refractivity contribution in [1.29, 1.82) is 0 Å². The SMILES string of the molecule is COCCNCc1cc(C)ccc1OCC1CCOCC1. The van der Waals surface area contributed by atoms with E-state index in [1.165, 1.54) is 11.1 Å². The Kier molecular flexibility index (Phi) is 7.00. The highest BCUT2D eigenvalue weighted by atomic mass is 16.5. The number of methoxy groups -OCH3 is 1. The molecule has 0 atom stereocenters. The van der Waals surface area contributed by atoms with Gasteiger partial charge in [0.15, 0.2) is 0 Å². The van der Waals surface area contributed by atoms with Crippen LogP contribution in [-0.4, -0.2) is 40.1 Å². The topological polar surface area (TPSA) is 39.7 Å². The molecule has 0 spiro atoms. The molecular formula is C17H27NO3. The number of aryl methyl sites for hydroxylation is 1. The lowest BCUT2D eigenvalue weighted by atomic mass is 10.0. The zero-order valence-corrected chi connectivity index (χ0v) is 13.2. The van der Waals surface area contributed by atoms with Crippen LogP contribution in [0.3, 0.4) is 0 Å². The monoisotopic (exact) mass is 293 g/mol. The van der Waals surface area contributed by atoms with Gasteiger partial charge in [0.25, 0.3) is 0 Å². The second-order valence-corrected chi connectivity index (χ2v) is 5.65. The van der Waals surface area contributed by atoms with Crippen molar-refractivity contribution in [2.75, 3.05) is 40.1 Å². The Labute approximate surface area is 127 Å². The summed E-state index contributed by atoms with van der Waals surface area (Å²) in [5, 5.41) is 3.38. The van der Waals surface area contributed by atoms with Gasteiger partial charge in [0, 0.05) is 39.0 Å². The van der Waals surface area contributed by atoms with Crippen LogP contribution in [0.4, 0.5) is 0 Å².